The average Bonchev–Trinajstić information content (AvgIpc) is 2.44. The quantitative estimate of drug-likeness (QED) is 0.558. The molecular weight excluding hydrogens is 310 g/mol. The molecule has 0 bridgehead atoms. The van der Waals surface area contributed by atoms with Gasteiger partial charge in [-0.25, -0.2) is 0 Å². The van der Waals surface area contributed by atoms with Gasteiger partial charge in [0, 0.05) is 18.7 Å². The topological polar surface area (TPSA) is 107 Å². The molecule has 0 aliphatic carbocycles. The molecule has 0 saturated heterocycles. The summed E-state index contributed by atoms with van der Waals surface area (Å²) in [6.45, 7) is 4.26. The van der Waals surface area contributed by atoms with Crippen molar-refractivity contribution in [2.45, 2.75) is 26.3 Å². The van der Waals surface area contributed by atoms with Gasteiger partial charge in [0.1, 0.15) is 5.75 Å². The highest BCUT2D eigenvalue weighted by molar-refractivity contribution is 5.85. The van der Waals surface area contributed by atoms with Gasteiger partial charge in [-0.05, 0) is 18.4 Å². The molecule has 0 aliphatic heterocycles. The first kappa shape index (κ1) is 20.1. The number of rotatable bonds is 8. The summed E-state index contributed by atoms with van der Waals surface area (Å²) < 4.78 is 5.25. The number of benzene rings is 1. The molecule has 0 heterocycles. The van der Waals surface area contributed by atoms with Crippen LogP contribution in [0.15, 0.2) is 24.3 Å². The third-order valence-corrected chi connectivity index (χ3v) is 2.80. The van der Waals surface area contributed by atoms with Crippen molar-refractivity contribution in [3.63, 3.8) is 0 Å². The van der Waals surface area contributed by atoms with Crippen molar-refractivity contribution >= 4 is 24.0 Å². The minimum atomic E-state index is -0.514. The molecule has 0 aliphatic rings. The molecule has 1 atom stereocenters. The zero-order chi connectivity index (χ0) is 15.8. The highest BCUT2D eigenvalue weighted by Gasteiger charge is 2.13. The van der Waals surface area contributed by atoms with Gasteiger partial charge < -0.3 is 15.8 Å². The van der Waals surface area contributed by atoms with Crippen LogP contribution >= 0.6 is 12.4 Å². The van der Waals surface area contributed by atoms with Gasteiger partial charge in [0.2, 0.25) is 0 Å². The van der Waals surface area contributed by atoms with Crippen molar-refractivity contribution in [3.8, 4) is 5.75 Å². The minimum Gasteiger partial charge on any atom is -0.484 e. The second-order valence-electron chi connectivity index (χ2n) is 5.17. The summed E-state index contributed by atoms with van der Waals surface area (Å²) in [5.41, 5.74) is 5.52. The van der Waals surface area contributed by atoms with E-state index in [0.29, 0.717) is 12.5 Å². The molecule has 1 aromatic rings. The molecule has 0 radical (unpaired) electrons. The Morgan fingerprint density at radius 2 is 2.14 bits per heavy atom. The lowest BCUT2D eigenvalue weighted by molar-refractivity contribution is -0.384. The minimum absolute atomic E-state index is 0. The molecule has 0 aromatic heterocycles. The van der Waals surface area contributed by atoms with Crippen LogP contribution in [0.1, 0.15) is 20.3 Å². The Bertz CT molecular complexity index is 497. The molecule has 1 rings (SSSR count). The lowest BCUT2D eigenvalue weighted by atomic mass is 10.0. The van der Waals surface area contributed by atoms with E-state index in [1.54, 1.807) is 6.07 Å². The fourth-order valence-electron chi connectivity index (χ4n) is 1.89. The molecule has 0 fully saturated rings. The van der Waals surface area contributed by atoms with Crippen LogP contribution in [0.4, 0.5) is 5.69 Å². The Balaban J connectivity index is 0.00000441. The maximum Gasteiger partial charge on any atom is 0.273 e. The van der Waals surface area contributed by atoms with Crippen LogP contribution in [0.3, 0.4) is 0 Å². The lowest BCUT2D eigenvalue weighted by Gasteiger charge is -2.18. The first-order chi connectivity index (χ1) is 9.92. The lowest BCUT2D eigenvalue weighted by Crippen LogP contribution is -2.43. The maximum atomic E-state index is 11.8. The number of non-ortho nitro benzene ring substituents is 1. The molecule has 1 unspecified atom stereocenters. The highest BCUT2D eigenvalue weighted by atomic mass is 35.5. The van der Waals surface area contributed by atoms with E-state index in [0.717, 1.165) is 6.42 Å². The third kappa shape index (κ3) is 7.24. The van der Waals surface area contributed by atoms with Gasteiger partial charge >= 0.3 is 0 Å². The first-order valence-electron chi connectivity index (χ1n) is 6.79. The SMILES string of the molecule is CC(C)CC(CN)NC(=O)COc1cccc([N+](=O)[O-])c1.Cl. The van der Waals surface area contributed by atoms with E-state index in [2.05, 4.69) is 19.2 Å². The summed E-state index contributed by atoms with van der Waals surface area (Å²) in [4.78, 5) is 21.9. The van der Waals surface area contributed by atoms with E-state index < -0.39 is 4.92 Å². The second-order valence-corrected chi connectivity index (χ2v) is 5.17. The van der Waals surface area contributed by atoms with Crippen LogP contribution in [0.5, 0.6) is 5.75 Å². The predicted octanol–water partition coefficient (Wildman–Crippen LogP) is 1.89. The van der Waals surface area contributed by atoms with Crippen LogP contribution in [0, 0.1) is 16.0 Å². The summed E-state index contributed by atoms with van der Waals surface area (Å²) in [7, 11) is 0. The number of nitrogens with two attached hydrogens (primary N) is 1. The number of nitro benzene ring substituents is 1. The van der Waals surface area contributed by atoms with E-state index in [1.165, 1.54) is 18.2 Å². The van der Waals surface area contributed by atoms with Crippen molar-refractivity contribution < 1.29 is 14.5 Å². The zero-order valence-electron chi connectivity index (χ0n) is 12.7. The van der Waals surface area contributed by atoms with Gasteiger partial charge in [0.25, 0.3) is 11.6 Å². The van der Waals surface area contributed by atoms with E-state index >= 15 is 0 Å². The molecule has 7 nitrogen and oxygen atoms in total. The molecule has 22 heavy (non-hydrogen) atoms. The van der Waals surface area contributed by atoms with Crippen molar-refractivity contribution in [3.05, 3.63) is 34.4 Å². The standard InChI is InChI=1S/C14H21N3O4.ClH/c1-10(2)6-11(8-15)16-14(18)9-21-13-5-3-4-12(7-13)17(19)20;/h3-5,7,10-11H,6,8-9,15H2,1-2H3,(H,16,18);1H. The Morgan fingerprint density at radius 1 is 1.45 bits per heavy atom. The summed E-state index contributed by atoms with van der Waals surface area (Å²) in [5.74, 6) is 0.418. The van der Waals surface area contributed by atoms with E-state index in [9.17, 15) is 14.9 Å². The maximum absolute atomic E-state index is 11.8. The van der Waals surface area contributed by atoms with Crippen LogP contribution in [0.25, 0.3) is 0 Å². The van der Waals surface area contributed by atoms with Gasteiger partial charge in [-0.3, -0.25) is 14.9 Å². The van der Waals surface area contributed by atoms with Crippen LogP contribution in [0.2, 0.25) is 0 Å². The van der Waals surface area contributed by atoms with Crippen LogP contribution in [-0.4, -0.2) is 30.0 Å². The largest absolute Gasteiger partial charge is 0.484 e. The van der Waals surface area contributed by atoms with E-state index in [4.69, 9.17) is 10.5 Å². The number of nitrogens with zero attached hydrogens (tertiary/aromatic N) is 1. The molecule has 0 saturated carbocycles. The predicted molar refractivity (Wildman–Crippen MR) is 86.3 cm³/mol. The van der Waals surface area contributed by atoms with E-state index in [-0.39, 0.29) is 42.4 Å². The Labute approximate surface area is 135 Å². The Hall–Kier alpha value is -1.86. The average molecular weight is 332 g/mol. The number of ether oxygens (including phenoxy) is 1. The number of carbonyl (C=O) groups is 1. The molecule has 0 spiro atoms. The summed E-state index contributed by atoms with van der Waals surface area (Å²) in [5, 5.41) is 13.4. The number of halogens is 1. The molecule has 8 heteroatoms. The van der Waals surface area contributed by atoms with Crippen molar-refractivity contribution in [2.75, 3.05) is 13.2 Å². The number of nitro groups is 1. The van der Waals surface area contributed by atoms with Gasteiger partial charge in [0.15, 0.2) is 6.61 Å². The van der Waals surface area contributed by atoms with Gasteiger partial charge in [-0.1, -0.05) is 19.9 Å². The second kappa shape index (κ2) is 9.97. The summed E-state index contributed by atoms with van der Waals surface area (Å²) >= 11 is 0. The highest BCUT2D eigenvalue weighted by Crippen LogP contribution is 2.18. The van der Waals surface area contributed by atoms with Crippen LogP contribution < -0.4 is 15.8 Å². The normalized spacial score (nSPS) is 11.5. The third-order valence-electron chi connectivity index (χ3n) is 2.80. The first-order valence-corrected chi connectivity index (χ1v) is 6.79. The summed E-state index contributed by atoms with van der Waals surface area (Å²) in [6.07, 6.45) is 0.791. The smallest absolute Gasteiger partial charge is 0.273 e. The fourth-order valence-corrected chi connectivity index (χ4v) is 1.89. The van der Waals surface area contributed by atoms with Gasteiger partial charge in [-0.15, -0.1) is 12.4 Å². The molecule has 124 valence electrons. The molecule has 1 amide bonds. The number of hydrogen-bond donors (Lipinski definition) is 2. The summed E-state index contributed by atoms with van der Waals surface area (Å²) in [6, 6.07) is 5.62. The van der Waals surface area contributed by atoms with Gasteiger partial charge in [0.05, 0.1) is 11.0 Å². The zero-order valence-corrected chi connectivity index (χ0v) is 13.5. The molecule has 1 aromatic carbocycles. The van der Waals surface area contributed by atoms with Crippen molar-refractivity contribution in [1.29, 1.82) is 0 Å². The van der Waals surface area contributed by atoms with Crippen LogP contribution in [-0.2, 0) is 4.79 Å². The Kier molecular flexibility index (Phi) is 9.12. The Morgan fingerprint density at radius 3 is 2.68 bits per heavy atom. The number of amides is 1. The molecule has 3 N–H and O–H groups in total. The van der Waals surface area contributed by atoms with Gasteiger partial charge in [-0.2, -0.15) is 0 Å². The van der Waals surface area contributed by atoms with Crippen molar-refractivity contribution in [2.24, 2.45) is 11.7 Å². The fraction of sp³-hybridized carbons (Fsp3) is 0.500. The van der Waals surface area contributed by atoms with Crippen molar-refractivity contribution in [1.82, 2.24) is 5.32 Å². The number of carbonyl (C=O) groups excluding carboxylic acids is 1. The number of hydrogen-bond acceptors (Lipinski definition) is 5. The van der Waals surface area contributed by atoms with E-state index in [1.807, 2.05) is 0 Å². The molecular formula is C14H22ClN3O4. The number of nitrogens with one attached hydrogen (secondary N) is 1. The monoisotopic (exact) mass is 331 g/mol.